The number of unbranched alkanes of at least 4 members (excludes halogenated alkanes) is 3. The molecule has 170 valence electrons. The minimum atomic E-state index is 0.626. The van der Waals surface area contributed by atoms with Crippen molar-refractivity contribution in [1.82, 2.24) is 0 Å². The standard InChI is InChI=1S/C30H50/c1-4-6-8-22-30(3)23-20-29(21-24-30)28-18-16-27(17-19-28)15-14-26-12-10-25(11-13-26)9-7-5-2/h16-19,25-26,29H,4-15,20-24H2,1-3H3/t25-,26-,29?,30?. The van der Waals surface area contributed by atoms with E-state index in [0.717, 1.165) is 17.8 Å². The fourth-order valence-corrected chi connectivity index (χ4v) is 6.33. The zero-order valence-corrected chi connectivity index (χ0v) is 20.6. The highest BCUT2D eigenvalue weighted by molar-refractivity contribution is 5.26. The molecular weight excluding hydrogens is 360 g/mol. The summed E-state index contributed by atoms with van der Waals surface area (Å²) in [5.41, 5.74) is 3.82. The van der Waals surface area contributed by atoms with Gasteiger partial charge in [0.2, 0.25) is 0 Å². The lowest BCUT2D eigenvalue weighted by atomic mass is 9.68. The molecule has 0 atom stereocenters. The van der Waals surface area contributed by atoms with Gasteiger partial charge in [-0.3, -0.25) is 0 Å². The van der Waals surface area contributed by atoms with Gasteiger partial charge in [0.15, 0.2) is 0 Å². The van der Waals surface area contributed by atoms with Gasteiger partial charge in [-0.15, -0.1) is 0 Å². The second kappa shape index (κ2) is 12.3. The Labute approximate surface area is 188 Å². The molecule has 0 unspecified atom stereocenters. The highest BCUT2D eigenvalue weighted by Crippen LogP contribution is 2.45. The first-order valence-corrected chi connectivity index (χ1v) is 13.7. The van der Waals surface area contributed by atoms with Crippen molar-refractivity contribution in [2.75, 3.05) is 0 Å². The predicted molar refractivity (Wildman–Crippen MR) is 133 cm³/mol. The number of rotatable bonds is 11. The quantitative estimate of drug-likeness (QED) is 0.318. The molecule has 0 aliphatic heterocycles. The van der Waals surface area contributed by atoms with Crippen molar-refractivity contribution < 1.29 is 0 Å². The van der Waals surface area contributed by atoms with Crippen LogP contribution in [0.2, 0.25) is 0 Å². The lowest BCUT2D eigenvalue weighted by Crippen LogP contribution is -2.23. The van der Waals surface area contributed by atoms with Crippen molar-refractivity contribution in [2.24, 2.45) is 17.3 Å². The van der Waals surface area contributed by atoms with Gasteiger partial charge >= 0.3 is 0 Å². The molecule has 2 fully saturated rings. The molecule has 0 bridgehead atoms. The van der Waals surface area contributed by atoms with Crippen LogP contribution in [0.5, 0.6) is 0 Å². The van der Waals surface area contributed by atoms with E-state index in [1.807, 2.05) is 0 Å². The van der Waals surface area contributed by atoms with Crippen LogP contribution in [0.4, 0.5) is 0 Å². The largest absolute Gasteiger partial charge is 0.0654 e. The summed E-state index contributed by atoms with van der Waals surface area (Å²) in [6.45, 7) is 7.21. The Morgan fingerprint density at radius 3 is 1.93 bits per heavy atom. The summed E-state index contributed by atoms with van der Waals surface area (Å²) < 4.78 is 0. The van der Waals surface area contributed by atoms with Crippen LogP contribution in [-0.2, 0) is 6.42 Å². The normalized spacial score (nSPS) is 29.8. The van der Waals surface area contributed by atoms with Crippen molar-refractivity contribution in [2.45, 2.75) is 136 Å². The van der Waals surface area contributed by atoms with E-state index in [1.165, 1.54) is 109 Å². The van der Waals surface area contributed by atoms with Crippen LogP contribution in [-0.4, -0.2) is 0 Å². The fraction of sp³-hybridized carbons (Fsp3) is 0.800. The van der Waals surface area contributed by atoms with Crippen LogP contribution < -0.4 is 0 Å². The molecule has 1 aromatic carbocycles. The second-order valence-electron chi connectivity index (χ2n) is 11.4. The van der Waals surface area contributed by atoms with Gasteiger partial charge in [-0.1, -0.05) is 109 Å². The Morgan fingerprint density at radius 1 is 0.733 bits per heavy atom. The molecule has 0 saturated heterocycles. The highest BCUT2D eigenvalue weighted by Gasteiger charge is 2.31. The van der Waals surface area contributed by atoms with Gasteiger partial charge in [0.05, 0.1) is 0 Å². The van der Waals surface area contributed by atoms with E-state index in [9.17, 15) is 0 Å². The third-order valence-electron chi connectivity index (χ3n) is 8.80. The van der Waals surface area contributed by atoms with Crippen molar-refractivity contribution in [3.63, 3.8) is 0 Å². The summed E-state index contributed by atoms with van der Waals surface area (Å²) in [5.74, 6) is 2.85. The first-order valence-electron chi connectivity index (χ1n) is 13.7. The van der Waals surface area contributed by atoms with Gasteiger partial charge in [-0.2, -0.15) is 0 Å². The molecule has 1 aromatic rings. The minimum absolute atomic E-state index is 0.626. The predicted octanol–water partition coefficient (Wildman–Crippen LogP) is 9.86. The van der Waals surface area contributed by atoms with E-state index in [4.69, 9.17) is 0 Å². The molecule has 0 aromatic heterocycles. The van der Waals surface area contributed by atoms with E-state index in [1.54, 1.807) is 11.1 Å². The van der Waals surface area contributed by atoms with Crippen LogP contribution in [0.25, 0.3) is 0 Å². The van der Waals surface area contributed by atoms with Gasteiger partial charge in [0, 0.05) is 0 Å². The Hall–Kier alpha value is -0.780. The van der Waals surface area contributed by atoms with E-state index >= 15 is 0 Å². The molecule has 0 radical (unpaired) electrons. The Bertz CT molecular complexity index is 567. The fourth-order valence-electron chi connectivity index (χ4n) is 6.33. The molecule has 0 amide bonds. The molecular formula is C30H50. The lowest BCUT2D eigenvalue weighted by Gasteiger charge is -2.38. The summed E-state index contributed by atoms with van der Waals surface area (Å²) in [4.78, 5) is 0. The zero-order chi connectivity index (χ0) is 21.2. The second-order valence-corrected chi connectivity index (χ2v) is 11.4. The van der Waals surface area contributed by atoms with Crippen molar-refractivity contribution in [3.05, 3.63) is 35.4 Å². The lowest BCUT2D eigenvalue weighted by molar-refractivity contribution is 0.178. The summed E-state index contributed by atoms with van der Waals surface area (Å²) in [7, 11) is 0. The Kier molecular flexibility index (Phi) is 9.79. The third kappa shape index (κ3) is 7.42. The monoisotopic (exact) mass is 410 g/mol. The van der Waals surface area contributed by atoms with Crippen LogP contribution >= 0.6 is 0 Å². The van der Waals surface area contributed by atoms with Crippen LogP contribution in [0, 0.1) is 17.3 Å². The molecule has 0 heterocycles. The summed E-state index contributed by atoms with van der Waals surface area (Å²) in [6, 6.07) is 9.86. The Balaban J connectivity index is 1.37. The summed E-state index contributed by atoms with van der Waals surface area (Å²) in [5, 5.41) is 0. The van der Waals surface area contributed by atoms with Gasteiger partial charge in [-0.05, 0) is 79.2 Å². The SMILES string of the molecule is CCCCCC1(C)CCC(c2ccc(CC[C@H]3CC[C@H](CCCC)CC3)cc2)CC1. The van der Waals surface area contributed by atoms with Crippen molar-refractivity contribution in [1.29, 1.82) is 0 Å². The maximum absolute atomic E-state index is 2.55. The third-order valence-corrected chi connectivity index (χ3v) is 8.80. The van der Waals surface area contributed by atoms with Gasteiger partial charge in [0.25, 0.3) is 0 Å². The highest BCUT2D eigenvalue weighted by atomic mass is 14.4. The molecule has 2 aliphatic carbocycles. The topological polar surface area (TPSA) is 0 Å². The van der Waals surface area contributed by atoms with Gasteiger partial charge in [0.1, 0.15) is 0 Å². The average molecular weight is 411 g/mol. The van der Waals surface area contributed by atoms with E-state index in [2.05, 4.69) is 45.0 Å². The van der Waals surface area contributed by atoms with Crippen molar-refractivity contribution in [3.8, 4) is 0 Å². The van der Waals surface area contributed by atoms with Crippen LogP contribution in [0.15, 0.2) is 24.3 Å². The zero-order valence-electron chi connectivity index (χ0n) is 20.6. The molecule has 2 aliphatic rings. The van der Waals surface area contributed by atoms with Gasteiger partial charge in [-0.25, -0.2) is 0 Å². The van der Waals surface area contributed by atoms with E-state index in [-0.39, 0.29) is 0 Å². The molecule has 0 heteroatoms. The van der Waals surface area contributed by atoms with Crippen molar-refractivity contribution >= 4 is 0 Å². The van der Waals surface area contributed by atoms with Gasteiger partial charge < -0.3 is 0 Å². The molecule has 0 N–H and O–H groups in total. The smallest absolute Gasteiger partial charge is 0.0162 e. The Morgan fingerprint density at radius 2 is 1.33 bits per heavy atom. The number of aryl methyl sites for hydroxylation is 1. The van der Waals surface area contributed by atoms with Crippen LogP contribution in [0.3, 0.4) is 0 Å². The number of benzene rings is 1. The molecule has 0 spiro atoms. The first kappa shape index (κ1) is 23.9. The minimum Gasteiger partial charge on any atom is -0.0654 e. The summed E-state index contributed by atoms with van der Waals surface area (Å²) >= 11 is 0. The number of hydrogen-bond acceptors (Lipinski definition) is 0. The van der Waals surface area contributed by atoms with E-state index in [0.29, 0.717) is 5.41 Å². The molecule has 3 rings (SSSR count). The maximum Gasteiger partial charge on any atom is -0.0162 e. The molecule has 0 nitrogen and oxygen atoms in total. The number of hydrogen-bond donors (Lipinski definition) is 0. The van der Waals surface area contributed by atoms with E-state index < -0.39 is 0 Å². The first-order chi connectivity index (χ1) is 14.6. The average Bonchev–Trinajstić information content (AvgIpc) is 2.78. The molecule has 2 saturated carbocycles. The maximum atomic E-state index is 2.55. The van der Waals surface area contributed by atoms with Crippen LogP contribution in [0.1, 0.15) is 141 Å². The molecule has 30 heavy (non-hydrogen) atoms. The summed E-state index contributed by atoms with van der Waals surface area (Å²) in [6.07, 6.45) is 24.3.